The van der Waals surface area contributed by atoms with Crippen molar-refractivity contribution in [3.05, 3.63) is 45.4 Å². The molecule has 0 spiro atoms. The van der Waals surface area contributed by atoms with Gasteiger partial charge in [-0.15, -0.1) is 11.3 Å². The molecule has 0 aliphatic heterocycles. The van der Waals surface area contributed by atoms with E-state index in [-0.39, 0.29) is 11.6 Å². The first kappa shape index (κ1) is 16.0. The molecule has 6 nitrogen and oxygen atoms in total. The molecule has 0 fully saturated rings. The summed E-state index contributed by atoms with van der Waals surface area (Å²) in [4.78, 5) is 26.8. The summed E-state index contributed by atoms with van der Waals surface area (Å²) in [7, 11) is 1.58. The average molecular weight is 320 g/mol. The second kappa shape index (κ2) is 7.04. The summed E-state index contributed by atoms with van der Waals surface area (Å²) >= 11 is 1.27. The summed E-state index contributed by atoms with van der Waals surface area (Å²) in [5.41, 5.74) is 1.46. The molecule has 22 heavy (non-hydrogen) atoms. The van der Waals surface area contributed by atoms with Crippen LogP contribution in [0.3, 0.4) is 0 Å². The maximum Gasteiger partial charge on any atom is 0.355 e. The predicted molar refractivity (Wildman–Crippen MR) is 82.8 cm³/mol. The van der Waals surface area contributed by atoms with Crippen molar-refractivity contribution in [2.45, 2.75) is 13.3 Å². The number of carbonyl (C=O) groups excluding carboxylic acids is 1. The van der Waals surface area contributed by atoms with Gasteiger partial charge in [-0.3, -0.25) is 4.79 Å². The van der Waals surface area contributed by atoms with E-state index in [1.54, 1.807) is 25.3 Å². The number of thiazole rings is 1. The number of hydrogen-bond donors (Lipinski definition) is 2. The molecule has 2 aromatic rings. The summed E-state index contributed by atoms with van der Waals surface area (Å²) < 4.78 is 5.10. The van der Waals surface area contributed by atoms with E-state index in [4.69, 9.17) is 9.84 Å². The van der Waals surface area contributed by atoms with Gasteiger partial charge in [0.1, 0.15) is 5.75 Å². The van der Waals surface area contributed by atoms with Gasteiger partial charge in [0.2, 0.25) is 0 Å². The van der Waals surface area contributed by atoms with Crippen LogP contribution in [0.25, 0.3) is 0 Å². The molecule has 0 saturated heterocycles. The van der Waals surface area contributed by atoms with E-state index in [1.807, 2.05) is 6.92 Å². The lowest BCUT2D eigenvalue weighted by molar-refractivity contribution is 0.0690. The Morgan fingerprint density at radius 2 is 2.18 bits per heavy atom. The first-order valence-electron chi connectivity index (χ1n) is 6.62. The molecular formula is C15H16N2O4S. The molecule has 0 radical (unpaired) electrons. The first-order valence-corrected chi connectivity index (χ1v) is 7.49. The smallest absolute Gasteiger partial charge is 0.355 e. The molecule has 0 saturated carbocycles. The zero-order valence-corrected chi connectivity index (χ0v) is 13.1. The lowest BCUT2D eigenvalue weighted by atomic mass is 10.1. The third kappa shape index (κ3) is 3.82. The Bertz CT molecular complexity index is 697. The fourth-order valence-corrected chi connectivity index (χ4v) is 2.69. The van der Waals surface area contributed by atoms with Gasteiger partial charge in [0.05, 0.1) is 12.1 Å². The van der Waals surface area contributed by atoms with Gasteiger partial charge < -0.3 is 15.2 Å². The number of aromatic nitrogens is 1. The number of nitrogens with zero attached hydrogens (tertiary/aromatic N) is 1. The van der Waals surface area contributed by atoms with Crippen LogP contribution in [0.15, 0.2) is 23.6 Å². The van der Waals surface area contributed by atoms with E-state index in [9.17, 15) is 9.59 Å². The summed E-state index contributed by atoms with van der Waals surface area (Å²) in [6.45, 7) is 2.24. The number of carboxylic acid groups (broad SMARTS) is 1. The van der Waals surface area contributed by atoms with E-state index in [1.165, 1.54) is 16.7 Å². The van der Waals surface area contributed by atoms with Crippen LogP contribution >= 0.6 is 11.3 Å². The zero-order valence-electron chi connectivity index (χ0n) is 12.3. The monoisotopic (exact) mass is 320 g/mol. The molecule has 1 aromatic carbocycles. The Kier molecular flexibility index (Phi) is 5.11. The van der Waals surface area contributed by atoms with E-state index in [0.29, 0.717) is 29.3 Å². The molecule has 0 bridgehead atoms. The number of aromatic carboxylic acids is 1. The van der Waals surface area contributed by atoms with Crippen molar-refractivity contribution >= 4 is 23.2 Å². The normalized spacial score (nSPS) is 10.3. The third-order valence-corrected chi connectivity index (χ3v) is 3.98. The number of nitrogens with one attached hydrogen (secondary N) is 1. The van der Waals surface area contributed by atoms with Gasteiger partial charge in [0, 0.05) is 23.9 Å². The van der Waals surface area contributed by atoms with Crippen LogP contribution in [-0.2, 0) is 6.42 Å². The van der Waals surface area contributed by atoms with Crippen molar-refractivity contribution in [1.29, 1.82) is 0 Å². The van der Waals surface area contributed by atoms with Crippen LogP contribution in [0.4, 0.5) is 0 Å². The third-order valence-electron chi connectivity index (χ3n) is 3.07. The SMILES string of the molecule is COc1ccc(C(=O)NCCc2nc(C(=O)O)cs2)c(C)c1. The number of aryl methyl sites for hydroxylation is 1. The number of amides is 1. The largest absolute Gasteiger partial charge is 0.497 e. The number of carboxylic acids is 1. The van der Waals surface area contributed by atoms with Crippen molar-refractivity contribution in [3.63, 3.8) is 0 Å². The molecule has 0 unspecified atom stereocenters. The molecule has 1 amide bonds. The van der Waals surface area contributed by atoms with Crippen LogP contribution in [0, 0.1) is 6.92 Å². The summed E-state index contributed by atoms with van der Waals surface area (Å²) in [5.74, 6) is -0.506. The number of methoxy groups -OCH3 is 1. The number of hydrogen-bond acceptors (Lipinski definition) is 5. The number of benzene rings is 1. The topological polar surface area (TPSA) is 88.5 Å². The molecule has 0 aliphatic rings. The minimum Gasteiger partial charge on any atom is -0.497 e. The lowest BCUT2D eigenvalue weighted by Crippen LogP contribution is -2.26. The maximum atomic E-state index is 12.1. The highest BCUT2D eigenvalue weighted by atomic mass is 32.1. The minimum atomic E-state index is -1.04. The fourth-order valence-electron chi connectivity index (χ4n) is 1.92. The van der Waals surface area contributed by atoms with Gasteiger partial charge in [-0.2, -0.15) is 0 Å². The Morgan fingerprint density at radius 3 is 2.77 bits per heavy atom. The molecule has 1 aromatic heterocycles. The molecule has 116 valence electrons. The van der Waals surface area contributed by atoms with Crippen LogP contribution < -0.4 is 10.1 Å². The van der Waals surface area contributed by atoms with Crippen molar-refractivity contribution in [1.82, 2.24) is 10.3 Å². The second-order valence-electron chi connectivity index (χ2n) is 4.62. The summed E-state index contributed by atoms with van der Waals surface area (Å²) in [5, 5.41) is 13.8. The summed E-state index contributed by atoms with van der Waals surface area (Å²) in [6.07, 6.45) is 0.499. The van der Waals surface area contributed by atoms with E-state index < -0.39 is 5.97 Å². The minimum absolute atomic E-state index is 0.0392. The van der Waals surface area contributed by atoms with Crippen LogP contribution in [0.1, 0.15) is 31.4 Å². The zero-order chi connectivity index (χ0) is 16.1. The van der Waals surface area contributed by atoms with Gasteiger partial charge >= 0.3 is 5.97 Å². The van der Waals surface area contributed by atoms with E-state index >= 15 is 0 Å². The van der Waals surface area contributed by atoms with Gasteiger partial charge in [0.15, 0.2) is 5.69 Å². The predicted octanol–water partition coefficient (Wildman–Crippen LogP) is 2.13. The van der Waals surface area contributed by atoms with Crippen molar-refractivity contribution in [2.75, 3.05) is 13.7 Å². The van der Waals surface area contributed by atoms with Crippen LogP contribution in [0.2, 0.25) is 0 Å². The van der Waals surface area contributed by atoms with E-state index in [0.717, 1.165) is 5.56 Å². The highest BCUT2D eigenvalue weighted by Gasteiger charge is 2.11. The van der Waals surface area contributed by atoms with Gasteiger partial charge in [0.25, 0.3) is 5.91 Å². The first-order chi connectivity index (χ1) is 10.5. The number of rotatable bonds is 6. The molecule has 0 aliphatic carbocycles. The Morgan fingerprint density at radius 1 is 1.41 bits per heavy atom. The van der Waals surface area contributed by atoms with Crippen molar-refractivity contribution in [3.8, 4) is 5.75 Å². The molecule has 0 atom stereocenters. The summed E-state index contributed by atoms with van der Waals surface area (Å²) in [6, 6.07) is 5.26. The van der Waals surface area contributed by atoms with E-state index in [2.05, 4.69) is 10.3 Å². The van der Waals surface area contributed by atoms with Gasteiger partial charge in [-0.25, -0.2) is 9.78 Å². The van der Waals surface area contributed by atoms with Crippen molar-refractivity contribution in [2.24, 2.45) is 0 Å². The van der Waals surface area contributed by atoms with Crippen LogP contribution in [-0.4, -0.2) is 35.6 Å². The molecule has 1 heterocycles. The Balaban J connectivity index is 1.91. The van der Waals surface area contributed by atoms with Crippen molar-refractivity contribution < 1.29 is 19.4 Å². The molecule has 2 rings (SSSR count). The van der Waals surface area contributed by atoms with Gasteiger partial charge in [-0.05, 0) is 30.7 Å². The highest BCUT2D eigenvalue weighted by Crippen LogP contribution is 2.16. The standard InChI is InChI=1S/C15H16N2O4S/c1-9-7-10(21-2)3-4-11(9)14(18)16-6-5-13-17-12(8-22-13)15(19)20/h3-4,7-8H,5-6H2,1-2H3,(H,16,18)(H,19,20). The molecular weight excluding hydrogens is 304 g/mol. The highest BCUT2D eigenvalue weighted by molar-refractivity contribution is 7.09. The second-order valence-corrected chi connectivity index (χ2v) is 5.56. The van der Waals surface area contributed by atoms with Crippen LogP contribution in [0.5, 0.6) is 5.75 Å². The quantitative estimate of drug-likeness (QED) is 0.851. The number of ether oxygens (including phenoxy) is 1. The van der Waals surface area contributed by atoms with Gasteiger partial charge in [-0.1, -0.05) is 0 Å². The maximum absolute atomic E-state index is 12.1. The average Bonchev–Trinajstić information content (AvgIpc) is 2.96. The number of carbonyl (C=O) groups is 2. The Hall–Kier alpha value is -2.41. The lowest BCUT2D eigenvalue weighted by Gasteiger charge is -2.08. The molecule has 2 N–H and O–H groups in total. The Labute approximate surface area is 131 Å². The fraction of sp³-hybridized carbons (Fsp3) is 0.267. The molecule has 7 heteroatoms.